The first kappa shape index (κ1) is 25.2. The van der Waals surface area contributed by atoms with E-state index >= 15 is 0 Å². The molecule has 0 aromatic carbocycles. The zero-order chi connectivity index (χ0) is 22.1. The number of carbonyl (C=O) groups excluding carboxylic acids is 2. The second-order valence-corrected chi connectivity index (χ2v) is 7.87. The number of carbonyl (C=O) groups is 2. The van der Waals surface area contributed by atoms with Crippen LogP contribution in [0.5, 0.6) is 0 Å². The van der Waals surface area contributed by atoms with E-state index in [9.17, 15) is 44.5 Å². The maximum atomic E-state index is 13.5. The van der Waals surface area contributed by atoms with Crippen molar-refractivity contribution in [3.05, 3.63) is 12.2 Å². The Morgan fingerprint density at radius 1 is 1.11 bits per heavy atom. The lowest BCUT2D eigenvalue weighted by atomic mass is 10.1. The largest absolute Gasteiger partial charge is 0.743 e. The zero-order valence-corrected chi connectivity index (χ0v) is 15.4. The third kappa shape index (κ3) is 6.39. The van der Waals surface area contributed by atoms with Gasteiger partial charge in [-0.15, -0.1) is 0 Å². The molecule has 158 valence electrons. The number of ether oxygens (including phenoxy) is 2. The van der Waals surface area contributed by atoms with Crippen molar-refractivity contribution in [1.29, 1.82) is 0 Å². The lowest BCUT2D eigenvalue weighted by Gasteiger charge is -2.36. The van der Waals surface area contributed by atoms with Gasteiger partial charge in [-0.2, -0.15) is 22.0 Å². The standard InChI is InChI=1S/C13H18F5NO7S/c1-7(2)8(20)26-12(13(16,17)18,9(21)19-10(3,4)5)25-6-11(14,15)27(22,23)24/h1,6H2,2-5H3,(H,19,21)(H,22,23,24)/p-1. The van der Waals surface area contributed by atoms with Gasteiger partial charge < -0.3 is 19.3 Å². The van der Waals surface area contributed by atoms with Crippen LogP contribution in [0.1, 0.15) is 27.7 Å². The average molecular weight is 426 g/mol. The molecule has 0 aromatic heterocycles. The second-order valence-electron chi connectivity index (χ2n) is 6.37. The molecule has 0 spiro atoms. The number of esters is 1. The fraction of sp³-hybridized carbons (Fsp3) is 0.692. The van der Waals surface area contributed by atoms with E-state index in [0.29, 0.717) is 0 Å². The molecule has 0 rings (SSSR count). The minimum atomic E-state index is -6.44. The first-order valence-corrected chi connectivity index (χ1v) is 8.32. The van der Waals surface area contributed by atoms with E-state index in [1.807, 2.05) is 0 Å². The maximum Gasteiger partial charge on any atom is 0.466 e. The summed E-state index contributed by atoms with van der Waals surface area (Å²) in [6.07, 6.45) is -5.93. The maximum absolute atomic E-state index is 13.5. The Bertz CT molecular complexity index is 712. The zero-order valence-electron chi connectivity index (χ0n) is 14.6. The van der Waals surface area contributed by atoms with Crippen molar-refractivity contribution >= 4 is 22.0 Å². The third-order valence-electron chi connectivity index (χ3n) is 2.55. The van der Waals surface area contributed by atoms with Gasteiger partial charge in [-0.05, 0) is 27.7 Å². The number of amides is 1. The number of nitrogens with one attached hydrogen (secondary N) is 1. The topological polar surface area (TPSA) is 122 Å². The number of hydrogen-bond donors (Lipinski definition) is 1. The molecule has 0 aliphatic heterocycles. The van der Waals surface area contributed by atoms with Crippen LogP contribution in [0.15, 0.2) is 12.2 Å². The highest BCUT2D eigenvalue weighted by molar-refractivity contribution is 7.86. The third-order valence-corrected chi connectivity index (χ3v) is 3.40. The molecule has 0 radical (unpaired) electrons. The number of alkyl halides is 5. The summed E-state index contributed by atoms with van der Waals surface area (Å²) in [6.45, 7) is 4.80. The van der Waals surface area contributed by atoms with Crippen LogP contribution in [0.25, 0.3) is 0 Å². The molecule has 0 fully saturated rings. The van der Waals surface area contributed by atoms with Crippen LogP contribution in [-0.2, 0) is 29.2 Å². The Labute approximate surface area is 151 Å². The van der Waals surface area contributed by atoms with E-state index in [0.717, 1.165) is 6.92 Å². The first-order chi connectivity index (χ1) is 11.7. The van der Waals surface area contributed by atoms with Crippen molar-refractivity contribution in [3.8, 4) is 0 Å². The highest BCUT2D eigenvalue weighted by atomic mass is 32.2. The van der Waals surface area contributed by atoms with Crippen LogP contribution in [-0.4, -0.2) is 54.2 Å². The normalized spacial score (nSPS) is 15.6. The van der Waals surface area contributed by atoms with E-state index in [4.69, 9.17) is 0 Å². The number of rotatable bonds is 7. The summed E-state index contributed by atoms with van der Waals surface area (Å²) in [6, 6.07) is 0. The van der Waals surface area contributed by atoms with Crippen LogP contribution in [0.4, 0.5) is 22.0 Å². The lowest BCUT2D eigenvalue weighted by molar-refractivity contribution is -0.353. The molecule has 1 amide bonds. The van der Waals surface area contributed by atoms with Gasteiger partial charge in [0.25, 0.3) is 0 Å². The van der Waals surface area contributed by atoms with Crippen molar-refractivity contribution < 1.29 is 54.0 Å². The molecule has 14 heteroatoms. The SMILES string of the molecule is C=C(C)C(=O)OC(OCC(F)(F)S(=O)(=O)[O-])(C(=O)NC(C)(C)C)C(F)(F)F. The van der Waals surface area contributed by atoms with Crippen LogP contribution >= 0.6 is 0 Å². The van der Waals surface area contributed by atoms with Crippen molar-refractivity contribution in [2.24, 2.45) is 0 Å². The quantitative estimate of drug-likeness (QED) is 0.215. The van der Waals surface area contributed by atoms with E-state index in [-0.39, 0.29) is 0 Å². The van der Waals surface area contributed by atoms with E-state index in [1.54, 1.807) is 5.32 Å². The van der Waals surface area contributed by atoms with E-state index in [2.05, 4.69) is 16.1 Å². The monoisotopic (exact) mass is 426 g/mol. The molecule has 27 heavy (non-hydrogen) atoms. The fourth-order valence-electron chi connectivity index (χ4n) is 1.31. The minimum absolute atomic E-state index is 0.654. The predicted molar refractivity (Wildman–Crippen MR) is 78.2 cm³/mol. The minimum Gasteiger partial charge on any atom is -0.743 e. The Morgan fingerprint density at radius 2 is 1.56 bits per heavy atom. The lowest BCUT2D eigenvalue weighted by Crippen LogP contribution is -2.64. The number of hydrogen-bond acceptors (Lipinski definition) is 7. The van der Waals surface area contributed by atoms with Gasteiger partial charge in [0.1, 0.15) is 6.61 Å². The molecule has 0 aliphatic carbocycles. The predicted octanol–water partition coefficient (Wildman–Crippen LogP) is 1.43. The molecule has 1 atom stereocenters. The average Bonchev–Trinajstić information content (AvgIpc) is 2.38. The molecule has 1 unspecified atom stereocenters. The Morgan fingerprint density at radius 3 is 1.85 bits per heavy atom. The molecular weight excluding hydrogens is 409 g/mol. The summed E-state index contributed by atoms with van der Waals surface area (Å²) in [4.78, 5) is 23.7. The number of halogens is 5. The highest BCUT2D eigenvalue weighted by Gasteiger charge is 2.67. The molecular formula is C13H17F5NO7S-. The molecule has 8 nitrogen and oxygen atoms in total. The summed E-state index contributed by atoms with van der Waals surface area (Å²) in [7, 11) is -6.44. The second kappa shape index (κ2) is 7.67. The van der Waals surface area contributed by atoms with Gasteiger partial charge in [-0.1, -0.05) is 6.58 Å². The first-order valence-electron chi connectivity index (χ1n) is 6.92. The molecule has 0 saturated carbocycles. The molecule has 0 aromatic rings. The molecule has 0 saturated heterocycles. The molecule has 0 bridgehead atoms. The van der Waals surface area contributed by atoms with Gasteiger partial charge in [-0.25, -0.2) is 13.2 Å². The van der Waals surface area contributed by atoms with E-state index in [1.165, 1.54) is 20.8 Å². The Hall–Kier alpha value is -1.80. The molecule has 0 aliphatic rings. The summed E-state index contributed by atoms with van der Waals surface area (Å²) in [5.41, 5.74) is -2.03. The summed E-state index contributed by atoms with van der Waals surface area (Å²) < 4.78 is 106. The van der Waals surface area contributed by atoms with Crippen molar-refractivity contribution in [1.82, 2.24) is 5.32 Å². The highest BCUT2D eigenvalue weighted by Crippen LogP contribution is 2.38. The summed E-state index contributed by atoms with van der Waals surface area (Å²) >= 11 is 0. The molecule has 1 N–H and O–H groups in total. The Balaban J connectivity index is 6.27. The molecule has 0 heterocycles. The fourth-order valence-corrected chi connectivity index (χ4v) is 1.51. The van der Waals surface area contributed by atoms with E-state index < -0.39 is 56.9 Å². The summed E-state index contributed by atoms with van der Waals surface area (Å²) in [5, 5.41) is -3.62. The van der Waals surface area contributed by atoms with Crippen LogP contribution in [0, 0.1) is 0 Å². The van der Waals surface area contributed by atoms with Gasteiger partial charge >= 0.3 is 29.1 Å². The Kier molecular flexibility index (Phi) is 7.16. The van der Waals surface area contributed by atoms with Gasteiger partial charge in [-0.3, -0.25) is 4.79 Å². The van der Waals surface area contributed by atoms with Crippen LogP contribution in [0.3, 0.4) is 0 Å². The van der Waals surface area contributed by atoms with Crippen molar-refractivity contribution in [2.75, 3.05) is 6.61 Å². The smallest absolute Gasteiger partial charge is 0.466 e. The van der Waals surface area contributed by atoms with Gasteiger partial charge in [0.15, 0.2) is 10.1 Å². The van der Waals surface area contributed by atoms with Crippen molar-refractivity contribution in [3.63, 3.8) is 0 Å². The van der Waals surface area contributed by atoms with Crippen LogP contribution in [0.2, 0.25) is 0 Å². The summed E-state index contributed by atoms with van der Waals surface area (Å²) in [5.74, 6) is -8.73. The van der Waals surface area contributed by atoms with Gasteiger partial charge in [0.2, 0.25) is 0 Å². The van der Waals surface area contributed by atoms with Gasteiger partial charge in [0.05, 0.1) is 0 Å². The van der Waals surface area contributed by atoms with Gasteiger partial charge in [0, 0.05) is 11.1 Å². The van der Waals surface area contributed by atoms with Crippen LogP contribution < -0.4 is 5.32 Å². The van der Waals surface area contributed by atoms with Crippen molar-refractivity contribution in [2.45, 2.75) is 50.5 Å².